The van der Waals surface area contributed by atoms with Crippen molar-refractivity contribution in [2.24, 2.45) is 0 Å². The van der Waals surface area contributed by atoms with Crippen LogP contribution in [-0.4, -0.2) is 51.9 Å². The van der Waals surface area contributed by atoms with Crippen molar-refractivity contribution in [2.75, 3.05) is 31.1 Å². The Bertz CT molecular complexity index is 1000. The number of anilines is 1. The minimum absolute atomic E-state index is 0.0226. The summed E-state index contributed by atoms with van der Waals surface area (Å²) >= 11 is 0. The maximum atomic E-state index is 13.9. The number of nitrogens with zero attached hydrogens (tertiary/aromatic N) is 4. The zero-order chi connectivity index (χ0) is 19.1. The molecule has 27 heavy (non-hydrogen) atoms. The number of carbonyl (C=O) groups excluding carboxylic acids is 1. The highest BCUT2D eigenvalue weighted by molar-refractivity contribution is 5.97. The number of fused-ring (bicyclic) bond motifs is 1. The van der Waals surface area contributed by atoms with E-state index in [1.807, 2.05) is 0 Å². The lowest BCUT2D eigenvalue weighted by Crippen LogP contribution is -2.49. The molecule has 3 heterocycles. The first-order chi connectivity index (χ1) is 13.0. The van der Waals surface area contributed by atoms with Gasteiger partial charge in [0.15, 0.2) is 0 Å². The molecule has 0 aliphatic carbocycles. The number of amides is 1. The Morgan fingerprint density at radius 3 is 2.33 bits per heavy atom. The highest BCUT2D eigenvalue weighted by Crippen LogP contribution is 2.27. The Hall–Kier alpha value is -3.17. The number of benzene rings is 1. The van der Waals surface area contributed by atoms with Crippen molar-refractivity contribution < 1.29 is 22.4 Å². The maximum Gasteiger partial charge on any atom is 0.254 e. The maximum absolute atomic E-state index is 13.9. The van der Waals surface area contributed by atoms with E-state index in [0.717, 1.165) is 5.52 Å². The van der Waals surface area contributed by atoms with Gasteiger partial charge in [-0.15, -0.1) is 0 Å². The zero-order valence-electron chi connectivity index (χ0n) is 13.8. The number of piperazine rings is 1. The van der Waals surface area contributed by atoms with Gasteiger partial charge in [0.05, 0.1) is 17.4 Å². The SMILES string of the molecule is O=C(c1ccc2nc[nH]c2c1)N1CCN(c2c(F)c(F)nc(F)c2F)CC1. The number of carbonyl (C=O) groups is 1. The van der Waals surface area contributed by atoms with E-state index in [4.69, 9.17) is 0 Å². The van der Waals surface area contributed by atoms with Crippen molar-refractivity contribution in [1.82, 2.24) is 19.9 Å². The second-order valence-electron chi connectivity index (χ2n) is 6.08. The topological polar surface area (TPSA) is 65.1 Å². The number of imidazole rings is 1. The molecule has 1 aromatic carbocycles. The normalized spacial score (nSPS) is 14.8. The molecule has 1 aliphatic heterocycles. The summed E-state index contributed by atoms with van der Waals surface area (Å²) in [7, 11) is 0. The lowest BCUT2D eigenvalue weighted by atomic mass is 10.1. The molecule has 1 aliphatic rings. The van der Waals surface area contributed by atoms with Crippen LogP contribution in [0.3, 0.4) is 0 Å². The molecule has 0 atom stereocenters. The average Bonchev–Trinajstić information content (AvgIpc) is 3.14. The highest BCUT2D eigenvalue weighted by atomic mass is 19.2. The molecule has 0 spiro atoms. The molecular weight excluding hydrogens is 366 g/mol. The molecule has 1 N–H and O–H groups in total. The number of aromatic nitrogens is 3. The molecular formula is C17H13F4N5O. The van der Waals surface area contributed by atoms with Crippen LogP contribution in [0.5, 0.6) is 0 Å². The largest absolute Gasteiger partial charge is 0.363 e. The fourth-order valence-electron chi connectivity index (χ4n) is 3.14. The predicted octanol–water partition coefficient (Wildman–Crippen LogP) is 2.48. The van der Waals surface area contributed by atoms with Crippen molar-refractivity contribution in [1.29, 1.82) is 0 Å². The molecule has 1 fully saturated rings. The van der Waals surface area contributed by atoms with Crippen LogP contribution in [0, 0.1) is 23.5 Å². The number of hydrogen-bond acceptors (Lipinski definition) is 4. The summed E-state index contributed by atoms with van der Waals surface area (Å²) < 4.78 is 54.4. The summed E-state index contributed by atoms with van der Waals surface area (Å²) in [6.07, 6.45) is 1.52. The fraction of sp³-hybridized carbons (Fsp3) is 0.235. The smallest absolute Gasteiger partial charge is 0.254 e. The van der Waals surface area contributed by atoms with Crippen molar-refractivity contribution in [3.05, 3.63) is 53.6 Å². The van der Waals surface area contributed by atoms with E-state index in [1.54, 1.807) is 18.2 Å². The summed E-state index contributed by atoms with van der Waals surface area (Å²) in [4.78, 5) is 24.9. The van der Waals surface area contributed by atoms with Crippen LogP contribution in [0.25, 0.3) is 11.0 Å². The second-order valence-corrected chi connectivity index (χ2v) is 6.08. The Labute approximate surface area is 150 Å². The van der Waals surface area contributed by atoms with E-state index in [2.05, 4.69) is 15.0 Å². The molecule has 4 rings (SSSR count). The van der Waals surface area contributed by atoms with Gasteiger partial charge in [0, 0.05) is 31.7 Å². The van der Waals surface area contributed by atoms with Crippen molar-refractivity contribution in [3.8, 4) is 0 Å². The van der Waals surface area contributed by atoms with Gasteiger partial charge in [-0.25, -0.2) is 4.98 Å². The fourth-order valence-corrected chi connectivity index (χ4v) is 3.14. The number of H-pyrrole nitrogens is 1. The molecule has 0 unspecified atom stereocenters. The third-order valence-electron chi connectivity index (χ3n) is 4.52. The van der Waals surface area contributed by atoms with Gasteiger partial charge in [-0.05, 0) is 18.2 Å². The number of aromatic amines is 1. The first-order valence-corrected chi connectivity index (χ1v) is 8.13. The quantitative estimate of drug-likeness (QED) is 0.549. The molecule has 140 valence electrons. The molecule has 6 nitrogen and oxygen atoms in total. The van der Waals surface area contributed by atoms with E-state index in [9.17, 15) is 22.4 Å². The van der Waals surface area contributed by atoms with Crippen molar-refractivity contribution in [3.63, 3.8) is 0 Å². The molecule has 1 saturated heterocycles. The average molecular weight is 379 g/mol. The number of pyridine rings is 1. The highest BCUT2D eigenvalue weighted by Gasteiger charge is 2.29. The van der Waals surface area contributed by atoms with Gasteiger partial charge in [-0.2, -0.15) is 22.5 Å². The van der Waals surface area contributed by atoms with Gasteiger partial charge in [0.2, 0.25) is 11.6 Å². The summed E-state index contributed by atoms with van der Waals surface area (Å²) in [5, 5.41) is 0. The molecule has 0 radical (unpaired) electrons. The molecule has 3 aromatic rings. The molecule has 10 heteroatoms. The summed E-state index contributed by atoms with van der Waals surface area (Å²) in [5.41, 5.74) is 1.08. The molecule has 2 aromatic heterocycles. The lowest BCUT2D eigenvalue weighted by molar-refractivity contribution is 0.0746. The van der Waals surface area contributed by atoms with Crippen molar-refractivity contribution >= 4 is 22.6 Å². The van der Waals surface area contributed by atoms with E-state index in [-0.39, 0.29) is 32.1 Å². The van der Waals surface area contributed by atoms with Gasteiger partial charge in [-0.3, -0.25) is 4.79 Å². The minimum Gasteiger partial charge on any atom is -0.363 e. The standard InChI is InChI=1S/C17H13F4N5O/c18-12-14(13(19)16(21)24-15(12)20)25-3-5-26(6-4-25)17(27)9-1-2-10-11(7-9)23-8-22-10/h1-2,7-8H,3-6H2,(H,22,23). The van der Waals surface area contributed by atoms with Gasteiger partial charge >= 0.3 is 0 Å². The molecule has 0 saturated carbocycles. The van der Waals surface area contributed by atoms with Gasteiger partial charge in [-0.1, -0.05) is 0 Å². The summed E-state index contributed by atoms with van der Waals surface area (Å²) in [5.74, 6) is -6.73. The molecule has 0 bridgehead atoms. The minimum atomic E-state index is -1.70. The third-order valence-corrected chi connectivity index (χ3v) is 4.52. The zero-order valence-corrected chi connectivity index (χ0v) is 13.8. The summed E-state index contributed by atoms with van der Waals surface area (Å²) in [6.45, 7) is 0.331. The van der Waals surface area contributed by atoms with Crippen LogP contribution in [0.2, 0.25) is 0 Å². The van der Waals surface area contributed by atoms with E-state index < -0.39 is 29.2 Å². The van der Waals surface area contributed by atoms with Crippen LogP contribution in [-0.2, 0) is 0 Å². The first-order valence-electron chi connectivity index (χ1n) is 8.13. The Kier molecular flexibility index (Phi) is 4.17. The van der Waals surface area contributed by atoms with Crippen LogP contribution >= 0.6 is 0 Å². The second kappa shape index (κ2) is 6.53. The van der Waals surface area contributed by atoms with Gasteiger partial charge in [0.1, 0.15) is 5.69 Å². The first kappa shape index (κ1) is 17.3. The van der Waals surface area contributed by atoms with E-state index >= 15 is 0 Å². The number of nitrogens with one attached hydrogen (secondary N) is 1. The predicted molar refractivity (Wildman–Crippen MR) is 88.3 cm³/mol. The van der Waals surface area contributed by atoms with Crippen molar-refractivity contribution in [2.45, 2.75) is 0 Å². The monoisotopic (exact) mass is 379 g/mol. The van der Waals surface area contributed by atoms with E-state index in [1.165, 1.54) is 16.1 Å². The van der Waals surface area contributed by atoms with Crippen LogP contribution in [0.1, 0.15) is 10.4 Å². The molecule has 1 amide bonds. The Morgan fingerprint density at radius 2 is 1.67 bits per heavy atom. The Morgan fingerprint density at radius 1 is 1.00 bits per heavy atom. The third kappa shape index (κ3) is 2.96. The Balaban J connectivity index is 1.51. The van der Waals surface area contributed by atoms with Crippen LogP contribution in [0.15, 0.2) is 24.5 Å². The van der Waals surface area contributed by atoms with E-state index in [0.29, 0.717) is 11.1 Å². The number of hydrogen-bond donors (Lipinski definition) is 1. The summed E-state index contributed by atoms with van der Waals surface area (Å²) in [6, 6.07) is 5.03. The van der Waals surface area contributed by atoms with Crippen LogP contribution < -0.4 is 4.90 Å². The lowest BCUT2D eigenvalue weighted by Gasteiger charge is -2.36. The van der Waals surface area contributed by atoms with Gasteiger partial charge < -0.3 is 14.8 Å². The van der Waals surface area contributed by atoms with Gasteiger partial charge in [0.25, 0.3) is 17.8 Å². The van der Waals surface area contributed by atoms with Crippen LogP contribution in [0.4, 0.5) is 23.2 Å². The number of halogens is 4. The number of rotatable bonds is 2.